The lowest BCUT2D eigenvalue weighted by atomic mass is 10.1. The highest BCUT2D eigenvalue weighted by Gasteiger charge is 2.29. The second kappa shape index (κ2) is 8.17. The van der Waals surface area contributed by atoms with Crippen LogP contribution in [0.4, 0.5) is 13.2 Å². The van der Waals surface area contributed by atoms with Gasteiger partial charge in [-0.25, -0.2) is 0 Å². The fourth-order valence-electron chi connectivity index (χ4n) is 2.07. The van der Waals surface area contributed by atoms with Crippen molar-refractivity contribution < 1.29 is 23.1 Å². The summed E-state index contributed by atoms with van der Waals surface area (Å²) in [5, 5.41) is 12.3. The molecule has 0 aliphatic rings. The van der Waals surface area contributed by atoms with Crippen LogP contribution in [0.5, 0.6) is 0 Å². The van der Waals surface area contributed by atoms with Crippen molar-refractivity contribution in [2.75, 3.05) is 6.54 Å². The lowest BCUT2D eigenvalue weighted by Gasteiger charge is -2.13. The molecule has 3 nitrogen and oxygen atoms in total. The van der Waals surface area contributed by atoms with E-state index in [1.807, 2.05) is 13.8 Å². The zero-order valence-corrected chi connectivity index (χ0v) is 12.8. The zero-order valence-electron chi connectivity index (χ0n) is 12.8. The van der Waals surface area contributed by atoms with Gasteiger partial charge in [-0.05, 0) is 36.5 Å². The molecule has 1 aromatic rings. The van der Waals surface area contributed by atoms with Gasteiger partial charge in [0.2, 0.25) is 5.91 Å². The van der Waals surface area contributed by atoms with E-state index < -0.39 is 17.8 Å². The van der Waals surface area contributed by atoms with Crippen LogP contribution in [0.2, 0.25) is 0 Å². The molecular formula is C16H22F3NO2. The summed E-state index contributed by atoms with van der Waals surface area (Å²) in [7, 11) is 0. The summed E-state index contributed by atoms with van der Waals surface area (Å²) < 4.78 is 37.2. The number of hydrogen-bond acceptors (Lipinski definition) is 2. The van der Waals surface area contributed by atoms with Crippen molar-refractivity contribution in [3.05, 3.63) is 35.4 Å². The van der Waals surface area contributed by atoms with E-state index in [0.717, 1.165) is 12.1 Å². The number of aliphatic hydroxyl groups excluding tert-OH is 1. The van der Waals surface area contributed by atoms with Crippen LogP contribution in [0, 0.1) is 5.92 Å². The molecule has 0 fully saturated rings. The first-order valence-electron chi connectivity index (χ1n) is 7.29. The molecule has 0 aliphatic heterocycles. The van der Waals surface area contributed by atoms with Crippen LogP contribution in [0.1, 0.15) is 37.8 Å². The second-order valence-electron chi connectivity index (χ2n) is 5.78. The highest BCUT2D eigenvalue weighted by molar-refractivity contribution is 5.76. The Kier molecular flexibility index (Phi) is 6.87. The number of rotatable bonds is 7. The van der Waals surface area contributed by atoms with E-state index in [9.17, 15) is 23.1 Å². The average molecular weight is 317 g/mol. The maximum Gasteiger partial charge on any atom is 0.416 e. The maximum absolute atomic E-state index is 12.4. The van der Waals surface area contributed by atoms with Crippen molar-refractivity contribution in [3.63, 3.8) is 0 Å². The van der Waals surface area contributed by atoms with Crippen molar-refractivity contribution in [2.45, 2.75) is 45.4 Å². The third-order valence-electron chi connectivity index (χ3n) is 3.20. The maximum atomic E-state index is 12.4. The van der Waals surface area contributed by atoms with Crippen molar-refractivity contribution in [3.8, 4) is 0 Å². The molecule has 2 N–H and O–H groups in total. The average Bonchev–Trinajstić information content (AvgIpc) is 2.41. The molecule has 1 rings (SSSR count). The molecular weight excluding hydrogens is 295 g/mol. The topological polar surface area (TPSA) is 49.3 Å². The summed E-state index contributed by atoms with van der Waals surface area (Å²) in [4.78, 5) is 11.6. The summed E-state index contributed by atoms with van der Waals surface area (Å²) in [5.41, 5.74) is -0.0246. The van der Waals surface area contributed by atoms with Gasteiger partial charge in [0.05, 0.1) is 11.7 Å². The predicted octanol–water partition coefficient (Wildman–Crippen LogP) is 3.16. The number of benzene rings is 1. The Hall–Kier alpha value is -1.56. The number of halogens is 3. The first-order chi connectivity index (χ1) is 10.2. The SMILES string of the molecule is CC(C)CC(O)CNC(=O)CCc1ccc(C(F)(F)F)cc1. The Bertz CT molecular complexity index is 469. The molecule has 22 heavy (non-hydrogen) atoms. The number of hydrogen-bond donors (Lipinski definition) is 2. The van der Waals surface area contributed by atoms with Gasteiger partial charge in [0.15, 0.2) is 0 Å². The Morgan fingerprint density at radius 2 is 1.82 bits per heavy atom. The van der Waals surface area contributed by atoms with E-state index >= 15 is 0 Å². The van der Waals surface area contributed by atoms with Gasteiger partial charge in [0.25, 0.3) is 0 Å². The molecule has 0 spiro atoms. The van der Waals surface area contributed by atoms with E-state index in [2.05, 4.69) is 5.32 Å². The van der Waals surface area contributed by atoms with Crippen LogP contribution >= 0.6 is 0 Å². The van der Waals surface area contributed by atoms with Crippen LogP contribution in [-0.2, 0) is 17.4 Å². The second-order valence-corrected chi connectivity index (χ2v) is 5.78. The molecule has 0 heterocycles. The van der Waals surface area contributed by atoms with Crippen molar-refractivity contribution >= 4 is 5.91 Å². The molecule has 0 saturated carbocycles. The first kappa shape index (κ1) is 18.5. The summed E-state index contributed by atoms with van der Waals surface area (Å²) in [6.45, 7) is 4.16. The van der Waals surface area contributed by atoms with Crippen molar-refractivity contribution in [1.82, 2.24) is 5.32 Å². The summed E-state index contributed by atoms with van der Waals surface area (Å²) in [6, 6.07) is 4.78. The standard InChI is InChI=1S/C16H22F3NO2/c1-11(2)9-14(21)10-20-15(22)8-5-12-3-6-13(7-4-12)16(17,18)19/h3-4,6-7,11,14,21H,5,8-10H2,1-2H3,(H,20,22). The Labute approximate surface area is 128 Å². The van der Waals surface area contributed by atoms with Gasteiger partial charge < -0.3 is 10.4 Å². The molecule has 0 saturated heterocycles. The highest BCUT2D eigenvalue weighted by atomic mass is 19.4. The lowest BCUT2D eigenvalue weighted by molar-refractivity contribution is -0.137. The van der Waals surface area contributed by atoms with Gasteiger partial charge >= 0.3 is 6.18 Å². The van der Waals surface area contributed by atoms with E-state index in [4.69, 9.17) is 0 Å². The monoisotopic (exact) mass is 317 g/mol. The summed E-state index contributed by atoms with van der Waals surface area (Å²) in [5.74, 6) is 0.127. The van der Waals surface area contributed by atoms with E-state index in [1.54, 1.807) is 0 Å². The normalized spacial score (nSPS) is 13.2. The summed E-state index contributed by atoms with van der Waals surface area (Å²) in [6.07, 6.45) is -3.76. The smallest absolute Gasteiger partial charge is 0.391 e. The quantitative estimate of drug-likeness (QED) is 0.811. The fraction of sp³-hybridized carbons (Fsp3) is 0.562. The van der Waals surface area contributed by atoms with Gasteiger partial charge in [-0.3, -0.25) is 4.79 Å². The summed E-state index contributed by atoms with van der Waals surface area (Å²) >= 11 is 0. The van der Waals surface area contributed by atoms with Gasteiger partial charge in [-0.1, -0.05) is 26.0 Å². The highest BCUT2D eigenvalue weighted by Crippen LogP contribution is 2.29. The van der Waals surface area contributed by atoms with E-state index in [0.29, 0.717) is 24.3 Å². The molecule has 6 heteroatoms. The molecule has 0 aromatic heterocycles. The van der Waals surface area contributed by atoms with Gasteiger partial charge in [0, 0.05) is 13.0 Å². The van der Waals surface area contributed by atoms with Crippen LogP contribution in [-0.4, -0.2) is 23.7 Å². The zero-order chi connectivity index (χ0) is 16.8. The number of carbonyl (C=O) groups is 1. The third kappa shape index (κ3) is 6.93. The lowest BCUT2D eigenvalue weighted by Crippen LogP contribution is -2.32. The number of amides is 1. The minimum absolute atomic E-state index is 0.180. The Morgan fingerprint density at radius 1 is 1.23 bits per heavy atom. The van der Waals surface area contributed by atoms with E-state index in [-0.39, 0.29) is 18.9 Å². The molecule has 124 valence electrons. The molecule has 1 atom stereocenters. The third-order valence-corrected chi connectivity index (χ3v) is 3.20. The van der Waals surface area contributed by atoms with Crippen LogP contribution in [0.3, 0.4) is 0 Å². The molecule has 0 aliphatic carbocycles. The van der Waals surface area contributed by atoms with Crippen molar-refractivity contribution in [1.29, 1.82) is 0 Å². The van der Waals surface area contributed by atoms with Gasteiger partial charge in [0.1, 0.15) is 0 Å². The molecule has 0 radical (unpaired) electrons. The van der Waals surface area contributed by atoms with Crippen LogP contribution in [0.25, 0.3) is 0 Å². The largest absolute Gasteiger partial charge is 0.416 e. The van der Waals surface area contributed by atoms with Gasteiger partial charge in [-0.15, -0.1) is 0 Å². The first-order valence-corrected chi connectivity index (χ1v) is 7.29. The number of aliphatic hydroxyl groups is 1. The number of carbonyl (C=O) groups excluding carboxylic acids is 1. The predicted molar refractivity (Wildman–Crippen MR) is 78.2 cm³/mol. The minimum atomic E-state index is -4.34. The number of alkyl halides is 3. The fourth-order valence-corrected chi connectivity index (χ4v) is 2.07. The van der Waals surface area contributed by atoms with E-state index in [1.165, 1.54) is 12.1 Å². The number of aryl methyl sites for hydroxylation is 1. The van der Waals surface area contributed by atoms with Gasteiger partial charge in [-0.2, -0.15) is 13.2 Å². The Balaban J connectivity index is 2.35. The molecule has 1 amide bonds. The molecule has 1 unspecified atom stereocenters. The number of nitrogens with one attached hydrogen (secondary N) is 1. The Morgan fingerprint density at radius 3 is 2.32 bits per heavy atom. The molecule has 1 aromatic carbocycles. The van der Waals surface area contributed by atoms with Crippen molar-refractivity contribution in [2.24, 2.45) is 5.92 Å². The van der Waals surface area contributed by atoms with Crippen LogP contribution < -0.4 is 5.32 Å². The van der Waals surface area contributed by atoms with Crippen LogP contribution in [0.15, 0.2) is 24.3 Å². The molecule has 0 bridgehead atoms. The minimum Gasteiger partial charge on any atom is -0.391 e.